The fraction of sp³-hybridized carbons (Fsp3) is 0.556. The van der Waals surface area contributed by atoms with Crippen molar-refractivity contribution in [2.24, 2.45) is 0 Å². The number of hydrogen-bond donors (Lipinski definition) is 0. The van der Waals surface area contributed by atoms with Gasteiger partial charge in [-0.25, -0.2) is 4.98 Å². The summed E-state index contributed by atoms with van der Waals surface area (Å²) < 4.78 is 0. The first-order valence-electron chi connectivity index (χ1n) is 8.56. The molecule has 0 aromatic carbocycles. The second kappa shape index (κ2) is 6.21. The number of aromatic nitrogens is 2. The minimum Gasteiger partial charge on any atom is -0.370 e. The first-order valence-corrected chi connectivity index (χ1v) is 9.44. The van der Waals surface area contributed by atoms with Crippen LogP contribution in [0.3, 0.4) is 0 Å². The summed E-state index contributed by atoms with van der Waals surface area (Å²) in [7, 11) is 0. The van der Waals surface area contributed by atoms with Crippen LogP contribution < -0.4 is 4.90 Å². The molecular formula is C18H24N4S. The molecule has 4 nitrogen and oxygen atoms in total. The normalized spacial score (nSPS) is 21.2. The molecule has 0 amide bonds. The van der Waals surface area contributed by atoms with E-state index in [1.54, 1.807) is 11.3 Å². The van der Waals surface area contributed by atoms with Gasteiger partial charge in [-0.1, -0.05) is 0 Å². The third-order valence-electron chi connectivity index (χ3n) is 5.47. The average Bonchev–Trinajstić information content (AvgIpc) is 3.17. The Balaban J connectivity index is 1.44. The van der Waals surface area contributed by atoms with Gasteiger partial charge >= 0.3 is 0 Å². The van der Waals surface area contributed by atoms with Crippen LogP contribution in [0.15, 0.2) is 29.9 Å². The van der Waals surface area contributed by atoms with Gasteiger partial charge in [0.2, 0.25) is 0 Å². The van der Waals surface area contributed by atoms with Crippen molar-refractivity contribution >= 4 is 17.0 Å². The van der Waals surface area contributed by atoms with Gasteiger partial charge in [-0.3, -0.25) is 9.88 Å². The number of anilines is 1. The molecule has 23 heavy (non-hydrogen) atoms. The molecule has 0 aliphatic carbocycles. The Kier molecular flexibility index (Phi) is 4.07. The Bertz CT molecular complexity index is 646. The molecule has 1 spiro atoms. The molecule has 0 atom stereocenters. The van der Waals surface area contributed by atoms with Crippen LogP contribution in [0.5, 0.6) is 0 Å². The summed E-state index contributed by atoms with van der Waals surface area (Å²) in [6, 6.07) is 4.21. The van der Waals surface area contributed by atoms with Gasteiger partial charge in [-0.05, 0) is 51.3 Å². The van der Waals surface area contributed by atoms with Crippen molar-refractivity contribution in [1.29, 1.82) is 0 Å². The smallest absolute Gasteiger partial charge is 0.0897 e. The van der Waals surface area contributed by atoms with E-state index in [0.717, 1.165) is 19.6 Å². The van der Waals surface area contributed by atoms with E-state index in [1.165, 1.54) is 48.6 Å². The zero-order chi connectivity index (χ0) is 15.7. The van der Waals surface area contributed by atoms with Crippen molar-refractivity contribution in [3.8, 4) is 0 Å². The Labute approximate surface area is 142 Å². The monoisotopic (exact) mass is 328 g/mol. The summed E-state index contributed by atoms with van der Waals surface area (Å²) in [6.45, 7) is 6.62. The number of pyridine rings is 1. The summed E-state index contributed by atoms with van der Waals surface area (Å²) in [6.07, 6.45) is 9.02. The number of nitrogens with zero attached hydrogens (tertiary/aromatic N) is 4. The lowest BCUT2D eigenvalue weighted by molar-refractivity contribution is 0.0986. The topological polar surface area (TPSA) is 32.3 Å². The Morgan fingerprint density at radius 1 is 1.22 bits per heavy atom. The van der Waals surface area contributed by atoms with Gasteiger partial charge in [0.05, 0.1) is 22.6 Å². The third-order valence-corrected chi connectivity index (χ3v) is 6.29. The van der Waals surface area contributed by atoms with Crippen LogP contribution in [-0.4, -0.2) is 40.0 Å². The number of likely N-dealkylation sites (tertiary alicyclic amines) is 1. The molecule has 0 unspecified atom stereocenters. The molecule has 2 saturated heterocycles. The Hall–Kier alpha value is -1.46. The largest absolute Gasteiger partial charge is 0.370 e. The minimum absolute atomic E-state index is 0.399. The fourth-order valence-corrected chi connectivity index (χ4v) is 4.81. The molecular weight excluding hydrogens is 304 g/mol. The van der Waals surface area contributed by atoms with Crippen molar-refractivity contribution in [2.45, 2.75) is 44.7 Å². The first kappa shape index (κ1) is 15.1. The zero-order valence-corrected chi connectivity index (χ0v) is 14.6. The maximum atomic E-state index is 4.67. The van der Waals surface area contributed by atoms with Gasteiger partial charge < -0.3 is 4.90 Å². The van der Waals surface area contributed by atoms with E-state index in [2.05, 4.69) is 38.1 Å². The van der Waals surface area contributed by atoms with Crippen LogP contribution in [-0.2, 0) is 6.54 Å². The summed E-state index contributed by atoms with van der Waals surface area (Å²) >= 11 is 1.77. The molecule has 2 aromatic heterocycles. The molecule has 5 heteroatoms. The van der Waals surface area contributed by atoms with Crippen molar-refractivity contribution < 1.29 is 0 Å². The predicted octanol–water partition coefficient (Wildman–Crippen LogP) is 3.48. The minimum atomic E-state index is 0.399. The lowest BCUT2D eigenvalue weighted by Gasteiger charge is -2.45. The quantitative estimate of drug-likeness (QED) is 0.863. The Morgan fingerprint density at radius 2 is 2.09 bits per heavy atom. The van der Waals surface area contributed by atoms with Crippen molar-refractivity contribution in [2.75, 3.05) is 24.5 Å². The average molecular weight is 328 g/mol. The summed E-state index contributed by atoms with van der Waals surface area (Å²) in [5.74, 6) is 0. The molecule has 2 aliphatic heterocycles. The van der Waals surface area contributed by atoms with Crippen LogP contribution in [0.25, 0.3) is 0 Å². The van der Waals surface area contributed by atoms with E-state index in [4.69, 9.17) is 0 Å². The summed E-state index contributed by atoms with van der Waals surface area (Å²) in [5, 5.41) is 3.41. The molecule has 2 aliphatic rings. The van der Waals surface area contributed by atoms with E-state index in [9.17, 15) is 0 Å². The SMILES string of the molecule is Cc1nc(CN2CCCC23CCN(c2cccnc2)CC3)cs1. The molecule has 0 radical (unpaired) electrons. The molecule has 4 heterocycles. The van der Waals surface area contributed by atoms with E-state index in [0.29, 0.717) is 5.54 Å². The number of aryl methyl sites for hydroxylation is 1. The van der Waals surface area contributed by atoms with Gasteiger partial charge in [-0.15, -0.1) is 11.3 Å². The number of thiazole rings is 1. The van der Waals surface area contributed by atoms with E-state index in [-0.39, 0.29) is 0 Å². The highest BCUT2D eigenvalue weighted by molar-refractivity contribution is 7.09. The lowest BCUT2D eigenvalue weighted by atomic mass is 9.84. The molecule has 4 rings (SSSR count). The van der Waals surface area contributed by atoms with Crippen LogP contribution in [0.1, 0.15) is 36.4 Å². The van der Waals surface area contributed by atoms with Crippen molar-refractivity contribution in [3.05, 3.63) is 40.6 Å². The van der Waals surface area contributed by atoms with Gasteiger partial charge in [0.1, 0.15) is 0 Å². The second-order valence-corrected chi connectivity index (χ2v) is 7.87. The van der Waals surface area contributed by atoms with E-state index >= 15 is 0 Å². The molecule has 0 saturated carbocycles. The summed E-state index contributed by atoms with van der Waals surface area (Å²) in [4.78, 5) is 14.1. The highest BCUT2D eigenvalue weighted by Gasteiger charge is 2.43. The fourth-order valence-electron chi connectivity index (χ4n) is 4.21. The molecule has 122 valence electrons. The van der Waals surface area contributed by atoms with Gasteiger partial charge in [0, 0.05) is 36.8 Å². The van der Waals surface area contributed by atoms with E-state index < -0.39 is 0 Å². The number of rotatable bonds is 3. The number of piperidine rings is 1. The van der Waals surface area contributed by atoms with Gasteiger partial charge in [0.25, 0.3) is 0 Å². The molecule has 2 fully saturated rings. The van der Waals surface area contributed by atoms with Crippen LogP contribution in [0.2, 0.25) is 0 Å². The maximum absolute atomic E-state index is 4.67. The molecule has 0 bridgehead atoms. The highest BCUT2D eigenvalue weighted by Crippen LogP contribution is 2.40. The van der Waals surface area contributed by atoms with Gasteiger partial charge in [0.15, 0.2) is 0 Å². The zero-order valence-electron chi connectivity index (χ0n) is 13.7. The second-order valence-electron chi connectivity index (χ2n) is 6.81. The standard InChI is InChI=1S/C18H24N4S/c1-15-20-16(14-23-15)13-22-9-3-5-18(22)6-10-21(11-7-18)17-4-2-8-19-12-17/h2,4,8,12,14H,3,5-7,9-11,13H2,1H3. The third kappa shape index (κ3) is 3.00. The van der Waals surface area contributed by atoms with Crippen LogP contribution >= 0.6 is 11.3 Å². The predicted molar refractivity (Wildman–Crippen MR) is 94.9 cm³/mol. The lowest BCUT2D eigenvalue weighted by Crippen LogP contribution is -2.51. The van der Waals surface area contributed by atoms with E-state index in [1.807, 2.05) is 18.5 Å². The van der Waals surface area contributed by atoms with Crippen molar-refractivity contribution in [1.82, 2.24) is 14.9 Å². The molecule has 0 N–H and O–H groups in total. The Morgan fingerprint density at radius 3 is 2.78 bits per heavy atom. The number of hydrogen-bond acceptors (Lipinski definition) is 5. The van der Waals surface area contributed by atoms with Gasteiger partial charge in [-0.2, -0.15) is 0 Å². The van der Waals surface area contributed by atoms with Crippen LogP contribution in [0.4, 0.5) is 5.69 Å². The summed E-state index contributed by atoms with van der Waals surface area (Å²) in [5.41, 5.74) is 2.92. The van der Waals surface area contributed by atoms with Crippen LogP contribution in [0, 0.1) is 6.92 Å². The molecule has 2 aromatic rings. The maximum Gasteiger partial charge on any atom is 0.0897 e. The first-order chi connectivity index (χ1) is 11.3. The van der Waals surface area contributed by atoms with Crippen molar-refractivity contribution in [3.63, 3.8) is 0 Å². The highest BCUT2D eigenvalue weighted by atomic mass is 32.1.